The average molecular weight is 487 g/mol. The summed E-state index contributed by atoms with van der Waals surface area (Å²) < 4.78 is 34.9. The van der Waals surface area contributed by atoms with Gasteiger partial charge in [0.25, 0.3) is 5.91 Å². The van der Waals surface area contributed by atoms with Crippen molar-refractivity contribution in [2.24, 2.45) is 0 Å². The molecular weight excluding hydrogens is 460 g/mol. The molecule has 1 aromatic heterocycles. The number of carbonyl (C=O) groups excluding carboxylic acids is 1. The van der Waals surface area contributed by atoms with Gasteiger partial charge in [-0.2, -0.15) is 4.31 Å². The molecule has 8 nitrogen and oxygen atoms in total. The van der Waals surface area contributed by atoms with Crippen LogP contribution in [-0.2, 0) is 10.0 Å². The number of nitrogens with zero attached hydrogens (tertiary/aromatic N) is 3. The zero-order chi connectivity index (χ0) is 23.4. The van der Waals surface area contributed by atoms with Crippen LogP contribution in [0.25, 0.3) is 5.69 Å². The number of amides is 1. The molecule has 1 fully saturated rings. The highest BCUT2D eigenvalue weighted by atomic mass is 32.2. The second-order valence-electron chi connectivity index (χ2n) is 7.58. The summed E-state index contributed by atoms with van der Waals surface area (Å²) in [6.45, 7) is 1.01. The third kappa shape index (κ3) is 4.78. The SMILES string of the molecule is COc1ccc(S(=O)(=O)N2CCCCC2)cc1NC(=O)c1cnc(SC)n1-c1ccccc1. The highest BCUT2D eigenvalue weighted by Crippen LogP contribution is 2.31. The fourth-order valence-corrected chi connectivity index (χ4v) is 5.94. The molecule has 1 N–H and O–H groups in total. The van der Waals surface area contributed by atoms with Crippen molar-refractivity contribution in [1.82, 2.24) is 13.9 Å². The number of hydrogen-bond acceptors (Lipinski definition) is 6. The van der Waals surface area contributed by atoms with Gasteiger partial charge in [-0.3, -0.25) is 9.36 Å². The van der Waals surface area contributed by atoms with E-state index in [0.717, 1.165) is 24.9 Å². The molecule has 33 heavy (non-hydrogen) atoms. The van der Waals surface area contributed by atoms with Crippen LogP contribution in [0.4, 0.5) is 5.69 Å². The number of anilines is 1. The number of imidazole rings is 1. The first-order valence-corrected chi connectivity index (χ1v) is 13.3. The van der Waals surface area contributed by atoms with Crippen molar-refractivity contribution in [2.45, 2.75) is 29.3 Å². The first kappa shape index (κ1) is 23.3. The monoisotopic (exact) mass is 486 g/mol. The standard InChI is InChI=1S/C23H26N4O4S2/c1-31-21-12-11-18(33(29,30)26-13-7-4-8-14-26)15-19(21)25-22(28)20-16-24-23(32-2)27(20)17-9-5-3-6-10-17/h3,5-6,9-12,15-16H,4,7-8,13-14H2,1-2H3,(H,25,28). The molecule has 1 aliphatic heterocycles. The van der Waals surface area contributed by atoms with Gasteiger partial charge in [0.1, 0.15) is 11.4 Å². The van der Waals surface area contributed by atoms with E-state index in [-0.39, 0.29) is 10.6 Å². The maximum absolute atomic E-state index is 13.3. The highest BCUT2D eigenvalue weighted by Gasteiger charge is 2.27. The van der Waals surface area contributed by atoms with Crippen LogP contribution < -0.4 is 10.1 Å². The molecule has 1 amide bonds. The van der Waals surface area contributed by atoms with E-state index in [1.165, 1.54) is 41.5 Å². The van der Waals surface area contributed by atoms with E-state index < -0.39 is 15.9 Å². The Morgan fingerprint density at radius 1 is 1.09 bits per heavy atom. The predicted octanol–water partition coefficient (Wildman–Crippen LogP) is 4.03. The Kier molecular flexibility index (Phi) is 7.06. The number of nitrogens with one attached hydrogen (secondary N) is 1. The van der Waals surface area contributed by atoms with Crippen molar-refractivity contribution < 1.29 is 17.9 Å². The summed E-state index contributed by atoms with van der Waals surface area (Å²) in [5.74, 6) is -0.0470. The largest absolute Gasteiger partial charge is 0.495 e. The summed E-state index contributed by atoms with van der Waals surface area (Å²) in [7, 11) is -2.18. The molecule has 0 atom stereocenters. The third-order valence-electron chi connectivity index (χ3n) is 5.53. The van der Waals surface area contributed by atoms with E-state index in [1.54, 1.807) is 10.6 Å². The van der Waals surface area contributed by atoms with E-state index >= 15 is 0 Å². The smallest absolute Gasteiger partial charge is 0.274 e. The zero-order valence-electron chi connectivity index (χ0n) is 18.5. The van der Waals surface area contributed by atoms with Gasteiger partial charge in [-0.15, -0.1) is 0 Å². The predicted molar refractivity (Wildman–Crippen MR) is 129 cm³/mol. The van der Waals surface area contributed by atoms with Crippen LogP contribution in [0, 0.1) is 0 Å². The molecule has 3 aromatic rings. The summed E-state index contributed by atoms with van der Waals surface area (Å²) in [6.07, 6.45) is 6.12. The molecule has 0 bridgehead atoms. The van der Waals surface area contributed by atoms with Gasteiger partial charge < -0.3 is 10.1 Å². The van der Waals surface area contributed by atoms with Crippen molar-refractivity contribution in [3.05, 3.63) is 60.4 Å². The van der Waals surface area contributed by atoms with Crippen molar-refractivity contribution in [3.8, 4) is 11.4 Å². The molecule has 174 valence electrons. The number of para-hydroxylation sites is 1. The van der Waals surface area contributed by atoms with Crippen LogP contribution in [0.3, 0.4) is 0 Å². The Morgan fingerprint density at radius 2 is 1.82 bits per heavy atom. The fourth-order valence-electron chi connectivity index (χ4n) is 3.85. The molecule has 2 aromatic carbocycles. The third-order valence-corrected chi connectivity index (χ3v) is 8.08. The number of hydrogen-bond donors (Lipinski definition) is 1. The van der Waals surface area contributed by atoms with Crippen molar-refractivity contribution >= 4 is 33.4 Å². The first-order chi connectivity index (χ1) is 16.0. The summed E-state index contributed by atoms with van der Waals surface area (Å²) >= 11 is 1.43. The lowest BCUT2D eigenvalue weighted by Crippen LogP contribution is -2.35. The van der Waals surface area contributed by atoms with Gasteiger partial charge in [-0.1, -0.05) is 36.4 Å². The molecule has 0 unspecified atom stereocenters. The van der Waals surface area contributed by atoms with E-state index in [2.05, 4.69) is 10.3 Å². The second-order valence-corrected chi connectivity index (χ2v) is 10.3. The summed E-state index contributed by atoms with van der Waals surface area (Å²) in [5.41, 5.74) is 1.42. The van der Waals surface area contributed by atoms with E-state index in [1.807, 2.05) is 36.6 Å². The molecule has 10 heteroatoms. The molecule has 0 saturated carbocycles. The first-order valence-electron chi connectivity index (χ1n) is 10.6. The maximum Gasteiger partial charge on any atom is 0.274 e. The van der Waals surface area contributed by atoms with Gasteiger partial charge in [-0.05, 0) is 49.4 Å². The van der Waals surface area contributed by atoms with Crippen LogP contribution in [-0.4, -0.2) is 54.6 Å². The number of methoxy groups -OCH3 is 1. The molecule has 0 radical (unpaired) electrons. The Balaban J connectivity index is 1.68. The zero-order valence-corrected chi connectivity index (χ0v) is 20.2. The maximum atomic E-state index is 13.3. The lowest BCUT2D eigenvalue weighted by Gasteiger charge is -2.26. The minimum atomic E-state index is -3.66. The molecule has 0 spiro atoms. The second kappa shape index (κ2) is 9.98. The Labute approximate surface area is 198 Å². The van der Waals surface area contributed by atoms with E-state index in [4.69, 9.17) is 4.74 Å². The van der Waals surface area contributed by atoms with Crippen molar-refractivity contribution in [3.63, 3.8) is 0 Å². The van der Waals surface area contributed by atoms with Crippen LogP contribution in [0.15, 0.2) is 64.8 Å². The number of thioether (sulfide) groups is 1. The number of sulfonamides is 1. The van der Waals surface area contributed by atoms with E-state index in [0.29, 0.717) is 29.7 Å². The average Bonchev–Trinajstić information content (AvgIpc) is 3.29. The minimum Gasteiger partial charge on any atom is -0.495 e. The summed E-state index contributed by atoms with van der Waals surface area (Å²) in [6, 6.07) is 14.0. The van der Waals surface area contributed by atoms with Gasteiger partial charge in [0, 0.05) is 18.8 Å². The Morgan fingerprint density at radius 3 is 2.48 bits per heavy atom. The number of piperidine rings is 1. The van der Waals surface area contributed by atoms with E-state index in [9.17, 15) is 13.2 Å². The lowest BCUT2D eigenvalue weighted by molar-refractivity contribution is 0.101. The molecular formula is C23H26N4O4S2. The van der Waals surface area contributed by atoms with Gasteiger partial charge >= 0.3 is 0 Å². The number of benzene rings is 2. The normalized spacial score (nSPS) is 14.7. The molecule has 1 aliphatic rings. The highest BCUT2D eigenvalue weighted by molar-refractivity contribution is 7.98. The number of rotatable bonds is 7. The quantitative estimate of drug-likeness (QED) is 0.507. The van der Waals surface area contributed by atoms with Crippen LogP contribution >= 0.6 is 11.8 Å². The van der Waals surface area contributed by atoms with Gasteiger partial charge in [0.05, 0.1) is 23.9 Å². The Hall–Kier alpha value is -2.82. The number of carbonyl (C=O) groups is 1. The van der Waals surface area contributed by atoms with Crippen LogP contribution in [0.5, 0.6) is 5.75 Å². The topological polar surface area (TPSA) is 93.5 Å². The lowest BCUT2D eigenvalue weighted by atomic mass is 10.2. The van der Waals surface area contributed by atoms with Crippen molar-refractivity contribution in [2.75, 3.05) is 31.8 Å². The van der Waals surface area contributed by atoms with Gasteiger partial charge in [-0.25, -0.2) is 13.4 Å². The van der Waals surface area contributed by atoms with Crippen LogP contribution in [0.1, 0.15) is 29.8 Å². The minimum absolute atomic E-state index is 0.127. The van der Waals surface area contributed by atoms with Crippen molar-refractivity contribution in [1.29, 1.82) is 0 Å². The summed E-state index contributed by atoms with van der Waals surface area (Å²) in [5, 5.41) is 3.49. The van der Waals surface area contributed by atoms with Crippen LogP contribution in [0.2, 0.25) is 0 Å². The molecule has 4 rings (SSSR count). The fraction of sp³-hybridized carbons (Fsp3) is 0.304. The molecule has 2 heterocycles. The van der Waals surface area contributed by atoms with Gasteiger partial charge in [0.2, 0.25) is 10.0 Å². The number of ether oxygens (including phenoxy) is 1. The summed E-state index contributed by atoms with van der Waals surface area (Å²) in [4.78, 5) is 17.8. The Bertz CT molecular complexity index is 1240. The molecule has 0 aliphatic carbocycles. The molecule has 1 saturated heterocycles. The number of aromatic nitrogens is 2. The van der Waals surface area contributed by atoms with Gasteiger partial charge in [0.15, 0.2) is 5.16 Å².